The van der Waals surface area contributed by atoms with Crippen molar-refractivity contribution in [2.24, 2.45) is 0 Å². The zero-order chi connectivity index (χ0) is 19.0. The normalized spacial score (nSPS) is 20.4. The van der Waals surface area contributed by atoms with Crippen molar-refractivity contribution in [1.82, 2.24) is 9.80 Å². The molecule has 0 radical (unpaired) electrons. The first-order chi connectivity index (χ1) is 13.1. The van der Waals surface area contributed by atoms with E-state index in [-0.39, 0.29) is 0 Å². The first kappa shape index (κ1) is 18.7. The number of para-hydroxylation sites is 1. The molecule has 0 spiro atoms. The fourth-order valence-corrected chi connectivity index (χ4v) is 5.53. The van der Waals surface area contributed by atoms with Crippen LogP contribution in [0.25, 0.3) is 0 Å². The molecule has 1 atom stereocenters. The smallest absolute Gasteiger partial charge is 0.0892 e. The molecule has 4 rings (SSSR count). The van der Waals surface area contributed by atoms with Crippen molar-refractivity contribution in [1.29, 1.82) is 0 Å². The van der Waals surface area contributed by atoms with E-state index in [1.165, 1.54) is 11.1 Å². The average Bonchev–Trinajstić information content (AvgIpc) is 2.68. The highest BCUT2D eigenvalue weighted by atomic mass is 32.2. The molecule has 2 heterocycles. The SMILES string of the molecule is Cc1ccc2c(c1C)N(CCCN1CCN(C)CC1)c1ccccc1S2=O. The highest BCUT2D eigenvalue weighted by Gasteiger charge is 2.29. The third kappa shape index (κ3) is 3.56. The summed E-state index contributed by atoms with van der Waals surface area (Å²) in [5, 5.41) is 0. The Morgan fingerprint density at radius 3 is 2.44 bits per heavy atom. The molecule has 0 amide bonds. The van der Waals surface area contributed by atoms with Gasteiger partial charge in [0.25, 0.3) is 0 Å². The molecular weight excluding hydrogens is 354 g/mol. The first-order valence-corrected chi connectivity index (χ1v) is 11.0. The molecule has 1 fully saturated rings. The molecule has 0 aliphatic carbocycles. The maximum absolute atomic E-state index is 13.1. The maximum atomic E-state index is 13.1. The van der Waals surface area contributed by atoms with Crippen molar-refractivity contribution in [2.75, 3.05) is 51.2 Å². The van der Waals surface area contributed by atoms with Gasteiger partial charge in [-0.1, -0.05) is 18.2 Å². The molecule has 2 aliphatic rings. The summed E-state index contributed by atoms with van der Waals surface area (Å²) in [5.41, 5.74) is 4.77. The summed E-state index contributed by atoms with van der Waals surface area (Å²) in [6.45, 7) is 11.0. The highest BCUT2D eigenvalue weighted by Crippen LogP contribution is 2.44. The summed E-state index contributed by atoms with van der Waals surface area (Å²) >= 11 is 0. The minimum absolute atomic E-state index is 0.938. The number of likely N-dealkylation sites (N-methyl/N-ethyl adjacent to an activating group) is 1. The third-order valence-electron chi connectivity index (χ3n) is 5.94. The molecule has 0 saturated carbocycles. The van der Waals surface area contributed by atoms with Crippen LogP contribution >= 0.6 is 0 Å². The minimum Gasteiger partial charge on any atom is -0.339 e. The highest BCUT2D eigenvalue weighted by molar-refractivity contribution is 7.85. The van der Waals surface area contributed by atoms with Gasteiger partial charge in [0, 0.05) is 32.7 Å². The van der Waals surface area contributed by atoms with Gasteiger partial charge in [-0.15, -0.1) is 0 Å². The molecule has 2 aliphatic heterocycles. The lowest BCUT2D eigenvalue weighted by atomic mass is 10.1. The third-order valence-corrected chi connectivity index (χ3v) is 7.42. The van der Waals surface area contributed by atoms with Crippen LogP contribution < -0.4 is 4.90 Å². The number of aryl methyl sites for hydroxylation is 1. The van der Waals surface area contributed by atoms with Crippen molar-refractivity contribution >= 4 is 22.2 Å². The number of anilines is 2. The molecule has 4 nitrogen and oxygen atoms in total. The van der Waals surface area contributed by atoms with Crippen LogP contribution in [0.2, 0.25) is 0 Å². The van der Waals surface area contributed by atoms with Gasteiger partial charge in [0.05, 0.1) is 32.0 Å². The van der Waals surface area contributed by atoms with Crippen LogP contribution in [0.1, 0.15) is 17.5 Å². The predicted molar refractivity (Wildman–Crippen MR) is 113 cm³/mol. The van der Waals surface area contributed by atoms with Crippen LogP contribution in [0.5, 0.6) is 0 Å². The standard InChI is InChI=1S/C22H29N3OS/c1-17-9-10-21-22(18(17)2)25(19-7-4-5-8-20(19)27(21)26)12-6-11-24-15-13-23(3)14-16-24/h4-5,7-10H,6,11-16H2,1-3H3. The van der Waals surface area contributed by atoms with Gasteiger partial charge in [-0.2, -0.15) is 0 Å². The lowest BCUT2D eigenvalue weighted by Crippen LogP contribution is -2.45. The summed E-state index contributed by atoms with van der Waals surface area (Å²) in [5.74, 6) is 0. The van der Waals surface area contributed by atoms with Crippen molar-refractivity contribution in [2.45, 2.75) is 30.1 Å². The molecule has 2 aromatic rings. The Balaban J connectivity index is 1.59. The minimum atomic E-state index is -1.10. The Kier molecular flexibility index (Phi) is 5.35. The zero-order valence-electron chi connectivity index (χ0n) is 16.6. The summed E-state index contributed by atoms with van der Waals surface area (Å²) in [6.07, 6.45) is 1.11. The number of benzene rings is 2. The van der Waals surface area contributed by atoms with E-state index in [0.29, 0.717) is 0 Å². The summed E-state index contributed by atoms with van der Waals surface area (Å²) in [4.78, 5) is 9.27. The Morgan fingerprint density at radius 2 is 1.67 bits per heavy atom. The Labute approximate surface area is 165 Å². The maximum Gasteiger partial charge on any atom is 0.0892 e. The Hall–Kier alpha value is -1.69. The molecule has 0 bridgehead atoms. The largest absolute Gasteiger partial charge is 0.339 e. The molecule has 0 aromatic heterocycles. The molecule has 0 N–H and O–H groups in total. The second-order valence-electron chi connectivity index (χ2n) is 7.74. The molecule has 1 unspecified atom stereocenters. The lowest BCUT2D eigenvalue weighted by molar-refractivity contribution is 0.153. The van der Waals surface area contributed by atoms with Gasteiger partial charge in [0.1, 0.15) is 0 Å². The molecule has 27 heavy (non-hydrogen) atoms. The van der Waals surface area contributed by atoms with Crippen LogP contribution in [-0.4, -0.2) is 60.3 Å². The number of piperazine rings is 1. The zero-order valence-corrected chi connectivity index (χ0v) is 17.4. The van der Waals surface area contributed by atoms with Gasteiger partial charge in [-0.05, 0) is 63.2 Å². The van der Waals surface area contributed by atoms with Gasteiger partial charge in [0.15, 0.2) is 0 Å². The number of hydrogen-bond acceptors (Lipinski definition) is 4. The molecule has 1 saturated heterocycles. The van der Waals surface area contributed by atoms with Crippen molar-refractivity contribution in [3.05, 3.63) is 47.5 Å². The van der Waals surface area contributed by atoms with Crippen LogP contribution in [-0.2, 0) is 10.8 Å². The first-order valence-electron chi connectivity index (χ1n) is 9.85. The number of fused-ring (bicyclic) bond motifs is 2. The van der Waals surface area contributed by atoms with Gasteiger partial charge in [0.2, 0.25) is 0 Å². The summed E-state index contributed by atoms with van der Waals surface area (Å²) in [6, 6.07) is 12.3. The van der Waals surface area contributed by atoms with E-state index in [0.717, 1.165) is 66.9 Å². The van der Waals surface area contributed by atoms with Gasteiger partial charge in [-0.3, -0.25) is 0 Å². The topological polar surface area (TPSA) is 26.8 Å². The fourth-order valence-electron chi connectivity index (χ4n) is 4.09. The average molecular weight is 384 g/mol. The monoisotopic (exact) mass is 383 g/mol. The van der Waals surface area contributed by atoms with E-state index >= 15 is 0 Å². The van der Waals surface area contributed by atoms with Crippen LogP contribution in [0, 0.1) is 13.8 Å². The van der Waals surface area contributed by atoms with Crippen LogP contribution in [0.15, 0.2) is 46.2 Å². The van der Waals surface area contributed by atoms with E-state index < -0.39 is 10.8 Å². The van der Waals surface area contributed by atoms with E-state index in [9.17, 15) is 4.21 Å². The van der Waals surface area contributed by atoms with E-state index in [4.69, 9.17) is 0 Å². The number of rotatable bonds is 4. The van der Waals surface area contributed by atoms with E-state index in [1.54, 1.807) is 0 Å². The number of hydrogen-bond donors (Lipinski definition) is 0. The van der Waals surface area contributed by atoms with Crippen molar-refractivity contribution < 1.29 is 4.21 Å². The van der Waals surface area contributed by atoms with Crippen LogP contribution in [0.3, 0.4) is 0 Å². The van der Waals surface area contributed by atoms with Crippen LogP contribution in [0.4, 0.5) is 11.4 Å². The lowest BCUT2D eigenvalue weighted by Gasteiger charge is -2.36. The second kappa shape index (κ2) is 7.74. The quantitative estimate of drug-likeness (QED) is 0.807. The second-order valence-corrected chi connectivity index (χ2v) is 9.16. The molecular formula is C22H29N3OS. The van der Waals surface area contributed by atoms with Crippen molar-refractivity contribution in [3.8, 4) is 0 Å². The van der Waals surface area contributed by atoms with E-state index in [2.05, 4.69) is 59.9 Å². The molecule has 144 valence electrons. The van der Waals surface area contributed by atoms with Gasteiger partial charge in [-0.25, -0.2) is 4.21 Å². The summed E-state index contributed by atoms with van der Waals surface area (Å²) < 4.78 is 13.1. The number of nitrogens with zero attached hydrogens (tertiary/aromatic N) is 3. The predicted octanol–water partition coefficient (Wildman–Crippen LogP) is 3.56. The molecule has 2 aromatic carbocycles. The molecule has 5 heteroatoms. The van der Waals surface area contributed by atoms with Gasteiger partial charge < -0.3 is 14.7 Å². The summed E-state index contributed by atoms with van der Waals surface area (Å²) in [7, 11) is 1.10. The Bertz CT molecular complexity index is 859. The van der Waals surface area contributed by atoms with Crippen molar-refractivity contribution in [3.63, 3.8) is 0 Å². The van der Waals surface area contributed by atoms with E-state index in [1.807, 2.05) is 12.1 Å². The fraction of sp³-hybridized carbons (Fsp3) is 0.455. The Morgan fingerprint density at radius 1 is 0.926 bits per heavy atom. The van der Waals surface area contributed by atoms with Gasteiger partial charge >= 0.3 is 0 Å².